The molecule has 0 spiro atoms. The molecule has 3 atom stereocenters. The van der Waals surface area contributed by atoms with Gasteiger partial charge >= 0.3 is 0 Å². The topological polar surface area (TPSA) is 12.0 Å². The summed E-state index contributed by atoms with van der Waals surface area (Å²) in [6, 6.07) is 3.95. The van der Waals surface area contributed by atoms with E-state index in [-0.39, 0.29) is 11.6 Å². The maximum Gasteiger partial charge on any atom is 0.130 e. The van der Waals surface area contributed by atoms with Gasteiger partial charge in [0.2, 0.25) is 0 Å². The first-order chi connectivity index (χ1) is 9.17. The highest BCUT2D eigenvalue weighted by atomic mass is 19.1. The van der Waals surface area contributed by atoms with Gasteiger partial charge in [-0.05, 0) is 43.4 Å². The van der Waals surface area contributed by atoms with Gasteiger partial charge in [0, 0.05) is 11.6 Å². The normalized spacial score (nSPS) is 24.6. The van der Waals surface area contributed by atoms with Gasteiger partial charge in [-0.3, -0.25) is 0 Å². The minimum atomic E-state index is -0.425. The minimum absolute atomic E-state index is 0.192. The third-order valence-corrected chi connectivity index (χ3v) is 4.37. The van der Waals surface area contributed by atoms with Crippen LogP contribution in [0.15, 0.2) is 18.2 Å². The fourth-order valence-electron chi connectivity index (χ4n) is 3.32. The zero-order chi connectivity index (χ0) is 13.8. The Bertz CT molecular complexity index is 399. The monoisotopic (exact) mass is 267 g/mol. The molecule has 19 heavy (non-hydrogen) atoms. The standard InChI is InChI=1S/C16H23F2N/c1-3-11-8-9-12(10-11)16(19-4-2)15-13(17)6-5-7-14(15)18/h5-7,11-12,16,19H,3-4,8-10H2,1-2H3. The molecular formula is C16H23F2N. The SMILES string of the molecule is CCNC(c1c(F)cccc1F)C1CCC(CC)C1. The average Bonchev–Trinajstić information content (AvgIpc) is 2.86. The van der Waals surface area contributed by atoms with Crippen molar-refractivity contribution in [2.24, 2.45) is 11.8 Å². The highest BCUT2D eigenvalue weighted by Gasteiger charge is 2.33. The molecule has 1 aliphatic rings. The Balaban J connectivity index is 2.25. The molecule has 1 N–H and O–H groups in total. The van der Waals surface area contributed by atoms with Crippen LogP contribution in [0.2, 0.25) is 0 Å². The van der Waals surface area contributed by atoms with Crippen LogP contribution in [0.25, 0.3) is 0 Å². The Morgan fingerprint density at radius 2 is 1.89 bits per heavy atom. The highest BCUT2D eigenvalue weighted by Crippen LogP contribution is 2.41. The number of rotatable bonds is 5. The lowest BCUT2D eigenvalue weighted by molar-refractivity contribution is 0.339. The summed E-state index contributed by atoms with van der Waals surface area (Å²) < 4.78 is 28.0. The summed E-state index contributed by atoms with van der Waals surface area (Å²) in [5.41, 5.74) is 0.228. The van der Waals surface area contributed by atoms with Gasteiger partial charge in [-0.25, -0.2) is 8.78 Å². The summed E-state index contributed by atoms with van der Waals surface area (Å²) >= 11 is 0. The summed E-state index contributed by atoms with van der Waals surface area (Å²) in [4.78, 5) is 0. The van der Waals surface area contributed by atoms with Crippen LogP contribution in [0.1, 0.15) is 51.1 Å². The predicted octanol–water partition coefficient (Wildman–Crippen LogP) is 4.44. The number of halogens is 2. The van der Waals surface area contributed by atoms with Crippen LogP contribution < -0.4 is 5.32 Å². The maximum absolute atomic E-state index is 14.0. The van der Waals surface area contributed by atoms with Gasteiger partial charge in [0.15, 0.2) is 0 Å². The molecule has 2 rings (SSSR count). The predicted molar refractivity (Wildman–Crippen MR) is 73.9 cm³/mol. The molecule has 0 radical (unpaired) electrons. The van der Waals surface area contributed by atoms with Crippen LogP contribution >= 0.6 is 0 Å². The van der Waals surface area contributed by atoms with E-state index < -0.39 is 11.6 Å². The summed E-state index contributed by atoms with van der Waals surface area (Å²) in [7, 11) is 0. The quantitative estimate of drug-likeness (QED) is 0.831. The van der Waals surface area contributed by atoms with Crippen molar-refractivity contribution in [3.05, 3.63) is 35.4 Å². The van der Waals surface area contributed by atoms with Gasteiger partial charge in [-0.15, -0.1) is 0 Å². The second-order valence-corrected chi connectivity index (χ2v) is 5.52. The fourth-order valence-corrected chi connectivity index (χ4v) is 3.32. The van der Waals surface area contributed by atoms with Gasteiger partial charge in [-0.1, -0.05) is 32.8 Å². The fraction of sp³-hybridized carbons (Fsp3) is 0.625. The number of benzene rings is 1. The molecular weight excluding hydrogens is 244 g/mol. The van der Waals surface area contributed by atoms with Crippen molar-refractivity contribution in [2.75, 3.05) is 6.54 Å². The molecule has 0 aromatic heterocycles. The van der Waals surface area contributed by atoms with Crippen molar-refractivity contribution in [1.82, 2.24) is 5.32 Å². The van der Waals surface area contributed by atoms with Crippen LogP contribution in [-0.4, -0.2) is 6.54 Å². The summed E-state index contributed by atoms with van der Waals surface area (Å²) in [5, 5.41) is 3.29. The number of hydrogen-bond donors (Lipinski definition) is 1. The van der Waals surface area contributed by atoms with E-state index in [2.05, 4.69) is 12.2 Å². The van der Waals surface area contributed by atoms with Crippen LogP contribution in [0, 0.1) is 23.5 Å². The van der Waals surface area contributed by atoms with E-state index in [9.17, 15) is 8.78 Å². The van der Waals surface area contributed by atoms with Crippen LogP contribution in [0.3, 0.4) is 0 Å². The second kappa shape index (κ2) is 6.47. The molecule has 3 heteroatoms. The molecule has 3 unspecified atom stereocenters. The molecule has 1 nitrogen and oxygen atoms in total. The Hall–Kier alpha value is -0.960. The molecule has 0 bridgehead atoms. The first-order valence-corrected chi connectivity index (χ1v) is 7.34. The highest BCUT2D eigenvalue weighted by molar-refractivity contribution is 5.24. The Labute approximate surface area is 114 Å². The lowest BCUT2D eigenvalue weighted by Crippen LogP contribution is -2.29. The maximum atomic E-state index is 14.0. The largest absolute Gasteiger partial charge is 0.310 e. The Morgan fingerprint density at radius 3 is 2.42 bits per heavy atom. The minimum Gasteiger partial charge on any atom is -0.310 e. The first-order valence-electron chi connectivity index (χ1n) is 7.34. The molecule has 1 saturated carbocycles. The summed E-state index contributed by atoms with van der Waals surface area (Å²) in [6.45, 7) is 4.91. The van der Waals surface area contributed by atoms with E-state index in [0.29, 0.717) is 11.8 Å². The lowest BCUT2D eigenvalue weighted by Gasteiger charge is -2.26. The average molecular weight is 267 g/mol. The summed E-state index contributed by atoms with van der Waals surface area (Å²) in [6.07, 6.45) is 4.47. The van der Waals surface area contributed by atoms with E-state index in [1.54, 1.807) is 0 Å². The Kier molecular flexibility index (Phi) is 4.92. The second-order valence-electron chi connectivity index (χ2n) is 5.52. The van der Waals surface area contributed by atoms with Crippen molar-refractivity contribution in [3.63, 3.8) is 0 Å². The molecule has 0 aliphatic heterocycles. The summed E-state index contributed by atoms with van der Waals surface area (Å²) in [5.74, 6) is 0.203. The van der Waals surface area contributed by atoms with E-state index >= 15 is 0 Å². The zero-order valence-electron chi connectivity index (χ0n) is 11.8. The van der Waals surface area contributed by atoms with Crippen LogP contribution in [0.5, 0.6) is 0 Å². The molecule has 106 valence electrons. The third kappa shape index (κ3) is 3.14. The third-order valence-electron chi connectivity index (χ3n) is 4.37. The number of hydrogen-bond acceptors (Lipinski definition) is 1. The molecule has 0 heterocycles. The van der Waals surface area contributed by atoms with Crippen molar-refractivity contribution in [1.29, 1.82) is 0 Å². The molecule has 1 aromatic rings. The molecule has 0 saturated heterocycles. The molecule has 1 aromatic carbocycles. The van der Waals surface area contributed by atoms with E-state index in [1.807, 2.05) is 6.92 Å². The zero-order valence-corrected chi connectivity index (χ0v) is 11.8. The molecule has 0 amide bonds. The van der Waals surface area contributed by atoms with Gasteiger partial charge < -0.3 is 5.32 Å². The van der Waals surface area contributed by atoms with Crippen molar-refractivity contribution >= 4 is 0 Å². The smallest absolute Gasteiger partial charge is 0.130 e. The van der Waals surface area contributed by atoms with Gasteiger partial charge in [0.1, 0.15) is 11.6 Å². The van der Waals surface area contributed by atoms with E-state index in [1.165, 1.54) is 24.6 Å². The van der Waals surface area contributed by atoms with Gasteiger partial charge in [0.25, 0.3) is 0 Å². The van der Waals surface area contributed by atoms with Crippen LogP contribution in [-0.2, 0) is 0 Å². The van der Waals surface area contributed by atoms with Gasteiger partial charge in [-0.2, -0.15) is 0 Å². The van der Waals surface area contributed by atoms with Crippen molar-refractivity contribution in [3.8, 4) is 0 Å². The molecule has 1 aliphatic carbocycles. The van der Waals surface area contributed by atoms with Crippen molar-refractivity contribution < 1.29 is 8.78 Å². The van der Waals surface area contributed by atoms with E-state index in [0.717, 1.165) is 25.8 Å². The van der Waals surface area contributed by atoms with Crippen LogP contribution in [0.4, 0.5) is 8.78 Å². The van der Waals surface area contributed by atoms with Gasteiger partial charge in [0.05, 0.1) is 0 Å². The first kappa shape index (κ1) is 14.4. The lowest BCUT2D eigenvalue weighted by atomic mass is 9.89. The van der Waals surface area contributed by atoms with E-state index in [4.69, 9.17) is 0 Å². The number of nitrogens with one attached hydrogen (secondary N) is 1. The van der Waals surface area contributed by atoms with Crippen molar-refractivity contribution in [2.45, 2.75) is 45.6 Å². The molecule has 1 fully saturated rings. The Morgan fingerprint density at radius 1 is 1.21 bits per heavy atom.